The number of rotatable bonds is 2. The fourth-order valence-corrected chi connectivity index (χ4v) is 3.34. The summed E-state index contributed by atoms with van der Waals surface area (Å²) >= 11 is 1.45. The molecule has 1 aliphatic carbocycles. The third kappa shape index (κ3) is 1.96. The van der Waals surface area contributed by atoms with Gasteiger partial charge in [0.2, 0.25) is 5.91 Å². The second kappa shape index (κ2) is 4.46. The van der Waals surface area contributed by atoms with Crippen LogP contribution >= 0.6 is 11.3 Å². The van der Waals surface area contributed by atoms with Crippen molar-refractivity contribution in [3.8, 4) is 0 Å². The maximum Gasteiger partial charge on any atom is 0.233 e. The van der Waals surface area contributed by atoms with Gasteiger partial charge in [0.1, 0.15) is 0 Å². The van der Waals surface area contributed by atoms with Gasteiger partial charge in [0.15, 0.2) is 5.13 Å². The number of hydrogen-bond acceptors (Lipinski definition) is 3. The number of carbonyl (C=O) groups is 1. The summed E-state index contributed by atoms with van der Waals surface area (Å²) in [6.07, 6.45) is 2.50. The number of benzene rings is 1. The molecular weight excluding hydrogens is 256 g/mol. The first-order valence-corrected chi connectivity index (χ1v) is 7.28. The molecule has 2 aromatic rings. The van der Waals surface area contributed by atoms with Gasteiger partial charge in [-0.2, -0.15) is 0 Å². The van der Waals surface area contributed by atoms with Gasteiger partial charge in [0.05, 0.1) is 5.41 Å². The highest BCUT2D eigenvalue weighted by Gasteiger charge is 2.45. The van der Waals surface area contributed by atoms with Crippen LogP contribution in [0.4, 0.5) is 5.13 Å². The van der Waals surface area contributed by atoms with E-state index in [1.54, 1.807) is 6.20 Å². The van der Waals surface area contributed by atoms with Crippen LogP contribution in [0, 0.1) is 5.41 Å². The average molecular weight is 272 g/mol. The molecule has 1 aliphatic rings. The van der Waals surface area contributed by atoms with Gasteiger partial charge in [0.25, 0.3) is 0 Å². The van der Waals surface area contributed by atoms with Crippen molar-refractivity contribution in [1.82, 2.24) is 4.98 Å². The highest BCUT2D eigenvalue weighted by atomic mass is 32.1. The maximum atomic E-state index is 12.6. The second-order valence-electron chi connectivity index (χ2n) is 5.31. The third-order valence-corrected chi connectivity index (χ3v) is 4.90. The van der Waals surface area contributed by atoms with E-state index in [4.69, 9.17) is 0 Å². The van der Waals surface area contributed by atoms with Crippen molar-refractivity contribution in [2.45, 2.75) is 26.2 Å². The smallest absolute Gasteiger partial charge is 0.233 e. The SMILES string of the molecule is CC1c2ccccc2CC1(C)C(=O)Nc1nccs1. The summed E-state index contributed by atoms with van der Waals surface area (Å²) in [6, 6.07) is 8.32. The van der Waals surface area contributed by atoms with Crippen LogP contribution in [0.1, 0.15) is 30.9 Å². The van der Waals surface area contributed by atoms with E-state index in [-0.39, 0.29) is 11.8 Å². The summed E-state index contributed by atoms with van der Waals surface area (Å²) in [5.41, 5.74) is 2.18. The van der Waals surface area contributed by atoms with Crippen molar-refractivity contribution in [2.75, 3.05) is 5.32 Å². The van der Waals surface area contributed by atoms with E-state index >= 15 is 0 Å². The van der Waals surface area contributed by atoms with Crippen LogP contribution < -0.4 is 5.32 Å². The predicted octanol–water partition coefficient (Wildman–Crippen LogP) is 3.45. The molecule has 19 heavy (non-hydrogen) atoms. The van der Waals surface area contributed by atoms with Gasteiger partial charge in [-0.1, -0.05) is 31.2 Å². The molecule has 3 rings (SSSR count). The molecule has 0 saturated carbocycles. The number of hydrogen-bond donors (Lipinski definition) is 1. The highest BCUT2D eigenvalue weighted by molar-refractivity contribution is 7.13. The molecule has 0 saturated heterocycles. The molecule has 2 unspecified atom stereocenters. The number of carbonyl (C=O) groups excluding carboxylic acids is 1. The number of thiazole rings is 1. The Balaban J connectivity index is 1.87. The van der Waals surface area contributed by atoms with Crippen LogP contribution in [0.3, 0.4) is 0 Å². The lowest BCUT2D eigenvalue weighted by Crippen LogP contribution is -2.36. The van der Waals surface area contributed by atoms with Gasteiger partial charge in [-0.25, -0.2) is 4.98 Å². The molecule has 3 nitrogen and oxygen atoms in total. The number of aromatic nitrogens is 1. The molecule has 2 atom stereocenters. The Hall–Kier alpha value is -1.68. The summed E-state index contributed by atoms with van der Waals surface area (Å²) in [5, 5.41) is 5.48. The van der Waals surface area contributed by atoms with E-state index in [9.17, 15) is 4.79 Å². The van der Waals surface area contributed by atoms with Crippen LogP contribution in [0.25, 0.3) is 0 Å². The zero-order chi connectivity index (χ0) is 13.5. The predicted molar refractivity (Wildman–Crippen MR) is 77.4 cm³/mol. The zero-order valence-corrected chi connectivity index (χ0v) is 11.8. The monoisotopic (exact) mass is 272 g/mol. The first kappa shape index (κ1) is 12.4. The van der Waals surface area contributed by atoms with Gasteiger partial charge in [-0.3, -0.25) is 4.79 Å². The molecular formula is C15H16N2OS. The number of nitrogens with zero attached hydrogens (tertiary/aromatic N) is 1. The molecule has 0 fully saturated rings. The van der Waals surface area contributed by atoms with Crippen LogP contribution in [0.5, 0.6) is 0 Å². The minimum atomic E-state index is -0.393. The Morgan fingerprint density at radius 3 is 2.95 bits per heavy atom. The number of nitrogens with one attached hydrogen (secondary N) is 1. The number of anilines is 1. The lowest BCUT2D eigenvalue weighted by molar-refractivity contribution is -0.125. The van der Waals surface area contributed by atoms with E-state index in [2.05, 4.69) is 29.4 Å². The van der Waals surface area contributed by atoms with Crippen molar-refractivity contribution in [1.29, 1.82) is 0 Å². The number of fused-ring (bicyclic) bond motifs is 1. The number of amides is 1. The minimum absolute atomic E-state index is 0.0613. The first-order chi connectivity index (χ1) is 9.11. The molecule has 1 N–H and O–H groups in total. The lowest BCUT2D eigenvalue weighted by atomic mass is 9.78. The Bertz CT molecular complexity index is 608. The van der Waals surface area contributed by atoms with E-state index in [1.165, 1.54) is 22.5 Å². The molecule has 0 aliphatic heterocycles. The van der Waals surface area contributed by atoms with E-state index in [1.807, 2.05) is 24.4 Å². The summed E-state index contributed by atoms with van der Waals surface area (Å²) in [7, 11) is 0. The van der Waals surface area contributed by atoms with Crippen LogP contribution in [-0.2, 0) is 11.2 Å². The topological polar surface area (TPSA) is 42.0 Å². The largest absolute Gasteiger partial charge is 0.301 e. The Morgan fingerprint density at radius 2 is 2.26 bits per heavy atom. The summed E-state index contributed by atoms with van der Waals surface area (Å²) in [4.78, 5) is 16.7. The molecule has 1 heterocycles. The molecule has 1 aromatic heterocycles. The summed E-state index contributed by atoms with van der Waals surface area (Å²) < 4.78 is 0. The van der Waals surface area contributed by atoms with Crippen molar-refractivity contribution < 1.29 is 4.79 Å². The zero-order valence-electron chi connectivity index (χ0n) is 11.0. The fraction of sp³-hybridized carbons (Fsp3) is 0.333. The first-order valence-electron chi connectivity index (χ1n) is 6.40. The maximum absolute atomic E-state index is 12.6. The Kier molecular flexibility index (Phi) is 2.90. The molecule has 4 heteroatoms. The molecule has 0 radical (unpaired) electrons. The van der Waals surface area contributed by atoms with E-state index in [0.717, 1.165) is 6.42 Å². The van der Waals surface area contributed by atoms with Crippen LogP contribution in [0.2, 0.25) is 0 Å². The summed E-state index contributed by atoms with van der Waals surface area (Å²) in [6.45, 7) is 4.17. The van der Waals surface area contributed by atoms with Gasteiger partial charge in [0, 0.05) is 11.6 Å². The molecule has 0 spiro atoms. The fourth-order valence-electron chi connectivity index (χ4n) is 2.81. The molecule has 1 amide bonds. The quantitative estimate of drug-likeness (QED) is 0.909. The standard InChI is InChI=1S/C15H16N2OS/c1-10-12-6-4-3-5-11(12)9-15(10,2)13(18)17-14-16-7-8-19-14/h3-8,10H,9H2,1-2H3,(H,16,17,18). The molecule has 0 bridgehead atoms. The van der Waals surface area contributed by atoms with Crippen molar-refractivity contribution in [2.24, 2.45) is 5.41 Å². The van der Waals surface area contributed by atoms with Gasteiger partial charge in [-0.15, -0.1) is 11.3 Å². The Morgan fingerprint density at radius 1 is 1.47 bits per heavy atom. The third-order valence-electron chi connectivity index (χ3n) is 4.21. The van der Waals surface area contributed by atoms with Crippen molar-refractivity contribution in [3.05, 3.63) is 47.0 Å². The normalized spacial score (nSPS) is 25.1. The highest BCUT2D eigenvalue weighted by Crippen LogP contribution is 2.47. The molecule has 98 valence electrons. The minimum Gasteiger partial charge on any atom is -0.301 e. The van der Waals surface area contributed by atoms with Crippen molar-refractivity contribution >= 4 is 22.4 Å². The Labute approximate surface area is 116 Å². The van der Waals surface area contributed by atoms with E-state index < -0.39 is 5.41 Å². The average Bonchev–Trinajstić information content (AvgIpc) is 2.99. The van der Waals surface area contributed by atoms with Crippen molar-refractivity contribution in [3.63, 3.8) is 0 Å². The van der Waals surface area contributed by atoms with Crippen LogP contribution in [0.15, 0.2) is 35.8 Å². The second-order valence-corrected chi connectivity index (χ2v) is 6.20. The van der Waals surface area contributed by atoms with E-state index in [0.29, 0.717) is 5.13 Å². The van der Waals surface area contributed by atoms with Gasteiger partial charge in [-0.05, 0) is 30.4 Å². The van der Waals surface area contributed by atoms with Crippen LogP contribution in [-0.4, -0.2) is 10.9 Å². The summed E-state index contributed by atoms with van der Waals surface area (Å²) in [5.74, 6) is 0.287. The van der Waals surface area contributed by atoms with Gasteiger partial charge < -0.3 is 5.32 Å². The molecule has 1 aromatic carbocycles. The van der Waals surface area contributed by atoms with Gasteiger partial charge >= 0.3 is 0 Å². The lowest BCUT2D eigenvalue weighted by Gasteiger charge is -2.27.